The Balaban J connectivity index is 1.97. The number of hydrogen-bond donors (Lipinski definition) is 1. The van der Waals surface area contributed by atoms with Crippen LogP contribution >= 0.6 is 11.6 Å². The van der Waals surface area contributed by atoms with Crippen LogP contribution in [0.3, 0.4) is 0 Å². The third kappa shape index (κ3) is 2.34. The number of benzene rings is 2. The molecule has 98 valence electrons. The third-order valence-corrected chi connectivity index (χ3v) is 3.99. The minimum atomic E-state index is 0.0219. The Morgan fingerprint density at radius 2 is 1.84 bits per heavy atom. The lowest BCUT2D eigenvalue weighted by molar-refractivity contribution is 0.282. The van der Waals surface area contributed by atoms with Crippen molar-refractivity contribution in [2.45, 2.75) is 19.6 Å². The molecule has 19 heavy (non-hydrogen) atoms. The number of rotatable bonds is 2. The van der Waals surface area contributed by atoms with Crippen molar-refractivity contribution in [3.05, 3.63) is 64.2 Å². The van der Waals surface area contributed by atoms with E-state index in [-0.39, 0.29) is 6.61 Å². The van der Waals surface area contributed by atoms with Crippen molar-refractivity contribution in [2.75, 3.05) is 11.4 Å². The average molecular weight is 274 g/mol. The fraction of sp³-hybridized carbons (Fsp3) is 0.250. The van der Waals surface area contributed by atoms with E-state index in [0.29, 0.717) is 5.02 Å². The van der Waals surface area contributed by atoms with Gasteiger partial charge in [0, 0.05) is 18.7 Å². The summed E-state index contributed by atoms with van der Waals surface area (Å²) < 4.78 is 0. The minimum absolute atomic E-state index is 0.0219. The second-order valence-electron chi connectivity index (χ2n) is 4.85. The molecule has 1 heterocycles. The normalized spacial score (nSPS) is 14.3. The third-order valence-electron chi connectivity index (χ3n) is 3.69. The van der Waals surface area contributed by atoms with Gasteiger partial charge in [-0.15, -0.1) is 0 Å². The molecule has 0 saturated heterocycles. The highest BCUT2D eigenvalue weighted by atomic mass is 35.5. The first-order chi connectivity index (χ1) is 9.29. The van der Waals surface area contributed by atoms with Gasteiger partial charge in [0.05, 0.1) is 17.3 Å². The lowest BCUT2D eigenvalue weighted by atomic mass is 9.99. The van der Waals surface area contributed by atoms with E-state index in [1.54, 1.807) is 0 Å². The molecule has 1 aliphatic heterocycles. The van der Waals surface area contributed by atoms with Gasteiger partial charge in [0.15, 0.2) is 0 Å². The van der Waals surface area contributed by atoms with Crippen LogP contribution in [0.4, 0.5) is 5.69 Å². The number of aliphatic hydroxyl groups is 1. The first-order valence-electron chi connectivity index (χ1n) is 6.49. The molecule has 0 amide bonds. The molecule has 0 bridgehead atoms. The van der Waals surface area contributed by atoms with Crippen LogP contribution in [0.25, 0.3) is 0 Å². The number of fused-ring (bicyclic) bond motifs is 1. The van der Waals surface area contributed by atoms with Gasteiger partial charge in [-0.2, -0.15) is 0 Å². The number of halogens is 1. The molecule has 0 spiro atoms. The number of hydrogen-bond acceptors (Lipinski definition) is 2. The van der Waals surface area contributed by atoms with Crippen molar-refractivity contribution in [2.24, 2.45) is 0 Å². The lowest BCUT2D eigenvalue weighted by Gasteiger charge is -2.32. The summed E-state index contributed by atoms with van der Waals surface area (Å²) in [5.74, 6) is 0. The van der Waals surface area contributed by atoms with Crippen LogP contribution in [0, 0.1) is 0 Å². The SMILES string of the molecule is OCc1cccc(Cl)c1N1CCc2ccccc2C1. The molecule has 0 saturated carbocycles. The Morgan fingerprint density at radius 3 is 2.63 bits per heavy atom. The highest BCUT2D eigenvalue weighted by Crippen LogP contribution is 2.33. The predicted octanol–water partition coefficient (Wildman–Crippen LogP) is 3.40. The fourth-order valence-corrected chi connectivity index (χ4v) is 3.04. The molecule has 0 fully saturated rings. The molecule has 0 aromatic heterocycles. The van der Waals surface area contributed by atoms with Crippen molar-refractivity contribution in [1.82, 2.24) is 0 Å². The molecule has 2 nitrogen and oxygen atoms in total. The van der Waals surface area contributed by atoms with E-state index < -0.39 is 0 Å². The summed E-state index contributed by atoms with van der Waals surface area (Å²) in [6.45, 7) is 1.81. The van der Waals surface area contributed by atoms with Gasteiger partial charge in [0.25, 0.3) is 0 Å². The van der Waals surface area contributed by atoms with Crippen LogP contribution in [-0.4, -0.2) is 11.7 Å². The van der Waals surface area contributed by atoms with E-state index in [1.165, 1.54) is 11.1 Å². The Morgan fingerprint density at radius 1 is 1.05 bits per heavy atom. The molecule has 1 N–H and O–H groups in total. The minimum Gasteiger partial charge on any atom is -0.392 e. The van der Waals surface area contributed by atoms with E-state index in [0.717, 1.165) is 30.8 Å². The molecular formula is C16H16ClNO. The van der Waals surface area contributed by atoms with Crippen molar-refractivity contribution in [3.8, 4) is 0 Å². The first-order valence-corrected chi connectivity index (χ1v) is 6.87. The van der Waals surface area contributed by atoms with Crippen LogP contribution in [0.1, 0.15) is 16.7 Å². The smallest absolute Gasteiger partial charge is 0.0702 e. The highest BCUT2D eigenvalue weighted by molar-refractivity contribution is 6.33. The molecular weight excluding hydrogens is 258 g/mol. The quantitative estimate of drug-likeness (QED) is 0.907. The first kappa shape index (κ1) is 12.5. The van der Waals surface area contributed by atoms with Gasteiger partial charge in [-0.25, -0.2) is 0 Å². The number of anilines is 1. The van der Waals surface area contributed by atoms with Crippen LogP contribution in [0.15, 0.2) is 42.5 Å². The van der Waals surface area contributed by atoms with Gasteiger partial charge in [-0.3, -0.25) is 0 Å². The van der Waals surface area contributed by atoms with Crippen LogP contribution in [0.5, 0.6) is 0 Å². The number of aliphatic hydroxyl groups excluding tert-OH is 1. The van der Waals surface area contributed by atoms with E-state index >= 15 is 0 Å². The van der Waals surface area contributed by atoms with Crippen LogP contribution < -0.4 is 4.90 Å². The summed E-state index contributed by atoms with van der Waals surface area (Å²) in [6, 6.07) is 14.2. The monoisotopic (exact) mass is 273 g/mol. The molecule has 0 unspecified atom stereocenters. The molecule has 0 aliphatic carbocycles. The van der Waals surface area contributed by atoms with Gasteiger partial charge in [0.1, 0.15) is 0 Å². The Bertz CT molecular complexity index is 597. The zero-order valence-electron chi connectivity index (χ0n) is 10.6. The Hall–Kier alpha value is -1.51. The van der Waals surface area contributed by atoms with Gasteiger partial charge >= 0.3 is 0 Å². The highest BCUT2D eigenvalue weighted by Gasteiger charge is 2.20. The molecule has 3 heteroatoms. The molecule has 0 radical (unpaired) electrons. The predicted molar refractivity (Wildman–Crippen MR) is 78.6 cm³/mol. The molecule has 1 aliphatic rings. The van der Waals surface area contributed by atoms with E-state index in [4.69, 9.17) is 11.6 Å². The summed E-state index contributed by atoms with van der Waals surface area (Å²) in [4.78, 5) is 2.26. The summed E-state index contributed by atoms with van der Waals surface area (Å²) in [5.41, 5.74) is 4.63. The van der Waals surface area contributed by atoms with E-state index in [2.05, 4.69) is 29.2 Å². The topological polar surface area (TPSA) is 23.5 Å². The Kier molecular flexibility index (Phi) is 3.45. The van der Waals surface area contributed by atoms with Crippen molar-refractivity contribution < 1.29 is 5.11 Å². The van der Waals surface area contributed by atoms with Crippen LogP contribution in [0.2, 0.25) is 5.02 Å². The summed E-state index contributed by atoms with van der Waals surface area (Å²) in [6.07, 6.45) is 1.02. The van der Waals surface area contributed by atoms with Crippen molar-refractivity contribution >= 4 is 17.3 Å². The average Bonchev–Trinajstić information content (AvgIpc) is 2.46. The second-order valence-corrected chi connectivity index (χ2v) is 5.25. The van der Waals surface area contributed by atoms with Crippen LogP contribution in [-0.2, 0) is 19.6 Å². The fourth-order valence-electron chi connectivity index (χ4n) is 2.73. The maximum absolute atomic E-state index is 9.48. The van der Waals surface area contributed by atoms with Crippen molar-refractivity contribution in [3.63, 3.8) is 0 Å². The maximum Gasteiger partial charge on any atom is 0.0702 e. The summed E-state index contributed by atoms with van der Waals surface area (Å²) in [5, 5.41) is 10.2. The zero-order valence-corrected chi connectivity index (χ0v) is 11.4. The standard InChI is InChI=1S/C16H16ClNO/c17-15-7-3-6-14(11-19)16(15)18-9-8-12-4-1-2-5-13(12)10-18/h1-7,19H,8-11H2. The molecule has 2 aromatic carbocycles. The van der Waals surface area contributed by atoms with Gasteiger partial charge in [-0.1, -0.05) is 48.0 Å². The van der Waals surface area contributed by atoms with E-state index in [1.807, 2.05) is 18.2 Å². The number of nitrogens with zero attached hydrogens (tertiary/aromatic N) is 1. The summed E-state index contributed by atoms with van der Waals surface area (Å²) in [7, 11) is 0. The Labute approximate surface area is 118 Å². The number of para-hydroxylation sites is 1. The maximum atomic E-state index is 9.48. The second kappa shape index (κ2) is 5.24. The van der Waals surface area contributed by atoms with E-state index in [9.17, 15) is 5.11 Å². The summed E-state index contributed by atoms with van der Waals surface area (Å²) >= 11 is 6.32. The zero-order chi connectivity index (χ0) is 13.2. The van der Waals surface area contributed by atoms with Crippen molar-refractivity contribution in [1.29, 1.82) is 0 Å². The van der Waals surface area contributed by atoms with Gasteiger partial charge in [0.2, 0.25) is 0 Å². The molecule has 3 rings (SSSR count). The molecule has 2 aromatic rings. The van der Waals surface area contributed by atoms with Gasteiger partial charge in [-0.05, 0) is 23.6 Å². The lowest BCUT2D eigenvalue weighted by Crippen LogP contribution is -2.31. The molecule has 0 atom stereocenters. The largest absolute Gasteiger partial charge is 0.392 e. The van der Waals surface area contributed by atoms with Gasteiger partial charge < -0.3 is 10.0 Å².